The lowest BCUT2D eigenvalue weighted by Crippen LogP contribution is -2.03. The van der Waals surface area contributed by atoms with Crippen molar-refractivity contribution in [2.45, 2.75) is 19.5 Å². The molecule has 0 N–H and O–H groups in total. The summed E-state index contributed by atoms with van der Waals surface area (Å²) in [5, 5.41) is 1.29. The summed E-state index contributed by atoms with van der Waals surface area (Å²) in [5.74, 6) is 0.0722. The average Bonchev–Trinajstić information content (AvgIpc) is 3.35. The van der Waals surface area contributed by atoms with Crippen LogP contribution in [0.4, 0.5) is 4.39 Å². The van der Waals surface area contributed by atoms with Gasteiger partial charge in [0.25, 0.3) is 0 Å². The third-order valence-electron chi connectivity index (χ3n) is 5.46. The second-order valence-corrected chi connectivity index (χ2v) is 7.44. The molecule has 0 radical (unpaired) electrons. The summed E-state index contributed by atoms with van der Waals surface area (Å²) in [5.41, 5.74) is 5.26. The highest BCUT2D eigenvalue weighted by Crippen LogP contribution is 2.27. The van der Waals surface area contributed by atoms with Gasteiger partial charge >= 0.3 is 0 Å². The molecule has 0 spiro atoms. The van der Waals surface area contributed by atoms with Crippen molar-refractivity contribution in [3.63, 3.8) is 0 Å². The zero-order valence-corrected chi connectivity index (χ0v) is 16.2. The van der Waals surface area contributed by atoms with Gasteiger partial charge in [-0.05, 0) is 41.8 Å². The molecule has 1 aliphatic heterocycles. The van der Waals surface area contributed by atoms with Crippen LogP contribution in [0.5, 0.6) is 0 Å². The van der Waals surface area contributed by atoms with Gasteiger partial charge < -0.3 is 9.30 Å². The van der Waals surface area contributed by atoms with Gasteiger partial charge in [-0.25, -0.2) is 9.38 Å². The number of nitrogens with zero attached hydrogens (tertiary/aromatic N) is 2. The van der Waals surface area contributed by atoms with Gasteiger partial charge in [0, 0.05) is 23.6 Å². The van der Waals surface area contributed by atoms with Crippen LogP contribution in [-0.4, -0.2) is 17.1 Å². The zero-order chi connectivity index (χ0) is 19.8. The molecule has 3 aromatic carbocycles. The number of hydrogen-bond donors (Lipinski definition) is 0. The Bertz CT molecular complexity index is 1210. The Balaban J connectivity index is 1.36. The van der Waals surface area contributed by atoms with Crippen molar-refractivity contribution in [2.75, 3.05) is 6.61 Å². The van der Waals surface area contributed by atoms with Crippen molar-refractivity contribution in [1.29, 1.82) is 0 Å². The van der Waals surface area contributed by atoms with Crippen molar-refractivity contribution in [3.8, 4) is 0 Å². The molecule has 2 heterocycles. The largest absolute Gasteiger partial charge is 0.475 e. The number of ether oxygens (including phenoxy) is 1. The van der Waals surface area contributed by atoms with Gasteiger partial charge in [-0.2, -0.15) is 0 Å². The lowest BCUT2D eigenvalue weighted by atomic mass is 10.1. The van der Waals surface area contributed by atoms with Gasteiger partial charge in [0.1, 0.15) is 18.5 Å². The van der Waals surface area contributed by atoms with E-state index in [0.29, 0.717) is 18.1 Å². The van der Waals surface area contributed by atoms with Crippen LogP contribution in [0.25, 0.3) is 10.9 Å². The summed E-state index contributed by atoms with van der Waals surface area (Å²) in [6.07, 6.45) is 2.20. The molecule has 0 aliphatic carbocycles. The maximum absolute atomic E-state index is 14.0. The second-order valence-electron chi connectivity index (χ2n) is 7.44. The fourth-order valence-electron chi connectivity index (χ4n) is 3.93. The molecule has 0 saturated heterocycles. The normalized spacial score (nSPS) is 16.1. The SMILES string of the molecule is Cc1cn(Cc2ccc(C3COC(c4ccccc4F)=N3)cc2)c2ccccc12. The molecule has 0 saturated carbocycles. The molecule has 1 aromatic heterocycles. The average molecular weight is 384 g/mol. The Morgan fingerprint density at radius 2 is 1.76 bits per heavy atom. The van der Waals surface area contributed by atoms with E-state index in [9.17, 15) is 4.39 Å². The van der Waals surface area contributed by atoms with E-state index in [-0.39, 0.29) is 11.9 Å². The van der Waals surface area contributed by atoms with Gasteiger partial charge in [0.2, 0.25) is 5.90 Å². The summed E-state index contributed by atoms with van der Waals surface area (Å²) in [6, 6.07) is 23.4. The molecule has 3 nitrogen and oxygen atoms in total. The Morgan fingerprint density at radius 1 is 1.00 bits per heavy atom. The van der Waals surface area contributed by atoms with Crippen molar-refractivity contribution in [2.24, 2.45) is 4.99 Å². The van der Waals surface area contributed by atoms with Crippen molar-refractivity contribution in [3.05, 3.63) is 107 Å². The topological polar surface area (TPSA) is 26.5 Å². The third kappa shape index (κ3) is 3.31. The van der Waals surface area contributed by atoms with Gasteiger partial charge in [-0.3, -0.25) is 0 Å². The van der Waals surface area contributed by atoms with Gasteiger partial charge in [0.15, 0.2) is 0 Å². The smallest absolute Gasteiger partial charge is 0.219 e. The lowest BCUT2D eigenvalue weighted by molar-refractivity contribution is 0.318. The molecule has 1 unspecified atom stereocenters. The van der Waals surface area contributed by atoms with E-state index in [2.05, 4.69) is 71.2 Å². The molecular weight excluding hydrogens is 363 g/mol. The third-order valence-corrected chi connectivity index (χ3v) is 5.46. The van der Waals surface area contributed by atoms with E-state index < -0.39 is 0 Å². The van der Waals surface area contributed by atoms with Gasteiger partial charge in [-0.1, -0.05) is 54.6 Å². The molecule has 4 aromatic rings. The van der Waals surface area contributed by atoms with E-state index >= 15 is 0 Å². The van der Waals surface area contributed by atoms with E-state index in [0.717, 1.165) is 12.1 Å². The molecule has 1 atom stereocenters. The van der Waals surface area contributed by atoms with Gasteiger partial charge in [0.05, 0.1) is 5.56 Å². The maximum atomic E-state index is 14.0. The van der Waals surface area contributed by atoms with Crippen LogP contribution in [-0.2, 0) is 11.3 Å². The first kappa shape index (κ1) is 17.7. The first-order chi connectivity index (χ1) is 14.2. The van der Waals surface area contributed by atoms with Crippen LogP contribution in [0.1, 0.15) is 28.3 Å². The fraction of sp³-hybridized carbons (Fsp3) is 0.160. The van der Waals surface area contributed by atoms with E-state index in [1.54, 1.807) is 18.2 Å². The summed E-state index contributed by atoms with van der Waals surface area (Å²) >= 11 is 0. The highest BCUT2D eigenvalue weighted by molar-refractivity contribution is 5.95. The first-order valence-electron chi connectivity index (χ1n) is 9.78. The number of aryl methyl sites for hydroxylation is 1. The molecule has 29 heavy (non-hydrogen) atoms. The maximum Gasteiger partial charge on any atom is 0.219 e. The number of rotatable bonds is 4. The van der Waals surface area contributed by atoms with E-state index in [4.69, 9.17) is 4.74 Å². The van der Waals surface area contributed by atoms with Gasteiger partial charge in [-0.15, -0.1) is 0 Å². The number of fused-ring (bicyclic) bond motifs is 1. The van der Waals surface area contributed by atoms with Crippen LogP contribution >= 0.6 is 0 Å². The van der Waals surface area contributed by atoms with Crippen LogP contribution in [0.3, 0.4) is 0 Å². The Labute approximate surface area is 169 Å². The second kappa shape index (κ2) is 7.21. The predicted molar refractivity (Wildman–Crippen MR) is 114 cm³/mol. The molecule has 0 amide bonds. The molecule has 1 aliphatic rings. The van der Waals surface area contributed by atoms with Crippen LogP contribution < -0.4 is 0 Å². The number of para-hydroxylation sites is 1. The standard InChI is InChI=1S/C25H21FN2O/c1-17-14-28(24-9-5-3-6-20(17)24)15-18-10-12-19(13-11-18)23-16-29-25(27-23)21-7-2-4-8-22(21)26/h2-14,23H,15-16H2,1H3. The van der Waals surface area contributed by atoms with Crippen molar-refractivity contribution < 1.29 is 9.13 Å². The Hall–Kier alpha value is -3.40. The highest BCUT2D eigenvalue weighted by atomic mass is 19.1. The summed E-state index contributed by atoms with van der Waals surface area (Å²) < 4.78 is 21.9. The van der Waals surface area contributed by atoms with Crippen LogP contribution in [0.2, 0.25) is 0 Å². The molecule has 4 heteroatoms. The Morgan fingerprint density at radius 3 is 2.59 bits per heavy atom. The molecule has 0 bridgehead atoms. The Kier molecular flexibility index (Phi) is 4.39. The minimum Gasteiger partial charge on any atom is -0.475 e. The van der Waals surface area contributed by atoms with Crippen molar-refractivity contribution in [1.82, 2.24) is 4.57 Å². The van der Waals surface area contributed by atoms with Crippen LogP contribution in [0.15, 0.2) is 84.0 Å². The highest BCUT2D eigenvalue weighted by Gasteiger charge is 2.23. The number of hydrogen-bond acceptors (Lipinski definition) is 2. The monoisotopic (exact) mass is 384 g/mol. The predicted octanol–water partition coefficient (Wildman–Crippen LogP) is 5.66. The number of aliphatic imine (C=N–C) groups is 1. The van der Waals surface area contributed by atoms with E-state index in [1.807, 2.05) is 0 Å². The minimum atomic E-state index is -0.309. The minimum absolute atomic E-state index is 0.103. The molecule has 0 fully saturated rings. The summed E-state index contributed by atoms with van der Waals surface area (Å²) in [7, 11) is 0. The van der Waals surface area contributed by atoms with E-state index in [1.165, 1.54) is 28.1 Å². The summed E-state index contributed by atoms with van der Waals surface area (Å²) in [4.78, 5) is 4.60. The molecule has 144 valence electrons. The number of benzene rings is 3. The lowest BCUT2D eigenvalue weighted by Gasteiger charge is -2.09. The summed E-state index contributed by atoms with van der Waals surface area (Å²) in [6.45, 7) is 3.40. The van der Waals surface area contributed by atoms with Crippen LogP contribution in [0, 0.1) is 12.7 Å². The molecule has 5 rings (SSSR count). The fourth-order valence-corrected chi connectivity index (χ4v) is 3.93. The van der Waals surface area contributed by atoms with Crippen molar-refractivity contribution >= 4 is 16.8 Å². The number of aromatic nitrogens is 1. The molecular formula is C25H21FN2O. The quantitative estimate of drug-likeness (QED) is 0.446. The first-order valence-corrected chi connectivity index (χ1v) is 9.78. The number of halogens is 1. The zero-order valence-electron chi connectivity index (χ0n) is 16.2.